The smallest absolute Gasteiger partial charge is 0.149 e. The minimum absolute atomic E-state index is 0.0180. The number of hydrogen-bond donors (Lipinski definition) is 1. The van der Waals surface area contributed by atoms with Crippen molar-refractivity contribution in [2.24, 2.45) is 0 Å². The summed E-state index contributed by atoms with van der Waals surface area (Å²) >= 11 is 0. The second-order valence-electron chi connectivity index (χ2n) is 16.5. The van der Waals surface area contributed by atoms with Crippen LogP contribution >= 0.6 is 0 Å². The molecule has 252 valence electrons. The molecule has 0 fully saturated rings. The highest BCUT2D eigenvalue weighted by Crippen LogP contribution is 2.41. The Balaban J connectivity index is 1.52. The van der Waals surface area contributed by atoms with Crippen molar-refractivity contribution >= 4 is 21.9 Å². The molecule has 1 N–H and O–H groups in total. The maximum atomic E-state index is 11.4. The van der Waals surface area contributed by atoms with Crippen molar-refractivity contribution in [3.63, 3.8) is 0 Å². The van der Waals surface area contributed by atoms with Gasteiger partial charge in [-0.3, -0.25) is 14.5 Å². The summed E-state index contributed by atoms with van der Waals surface area (Å²) < 4.78 is 2.16. The Hall–Kier alpha value is -5.29. The lowest BCUT2D eigenvalue weighted by Crippen LogP contribution is -2.11. The van der Waals surface area contributed by atoms with Gasteiger partial charge in [-0.15, -0.1) is 0 Å². The Morgan fingerprint density at radius 2 is 1.20 bits per heavy atom. The van der Waals surface area contributed by atoms with E-state index in [4.69, 9.17) is 15.0 Å². The third kappa shape index (κ3) is 6.06. The number of aromatic hydroxyl groups is 1. The molecule has 0 bridgehead atoms. The normalized spacial score (nSPS) is 12.6. The number of rotatable bonds is 4. The van der Waals surface area contributed by atoms with Crippen LogP contribution in [0.3, 0.4) is 0 Å². The second kappa shape index (κ2) is 11.9. The molecule has 7 rings (SSSR count). The average Bonchev–Trinajstić information content (AvgIpc) is 3.46. The van der Waals surface area contributed by atoms with Crippen LogP contribution in [0.2, 0.25) is 0 Å². The van der Waals surface area contributed by atoms with E-state index in [-0.39, 0.29) is 22.0 Å². The summed E-state index contributed by atoms with van der Waals surface area (Å²) in [7, 11) is 0. The number of phenolic OH excluding ortho intramolecular Hbond substituents is 1. The second-order valence-corrected chi connectivity index (χ2v) is 16.5. The molecular weight excluding hydrogens is 613 g/mol. The molecule has 0 aliphatic rings. The minimum Gasteiger partial charge on any atom is -0.507 e. The first-order chi connectivity index (χ1) is 23.6. The average molecular weight is 659 g/mol. The lowest BCUT2D eigenvalue weighted by molar-refractivity contribution is 0.475. The van der Waals surface area contributed by atoms with Crippen LogP contribution in [-0.4, -0.2) is 24.6 Å². The Bertz CT molecular complexity index is 2370. The van der Waals surface area contributed by atoms with E-state index < -0.39 is 0 Å². The summed E-state index contributed by atoms with van der Waals surface area (Å²) in [5.41, 5.74) is 11.6. The maximum Gasteiger partial charge on any atom is 0.149 e. The molecule has 5 heteroatoms. The van der Waals surface area contributed by atoms with Crippen molar-refractivity contribution in [3.8, 4) is 45.2 Å². The van der Waals surface area contributed by atoms with Gasteiger partial charge in [0.15, 0.2) is 0 Å². The molecular formula is C45H46N4O. The van der Waals surface area contributed by atoms with E-state index >= 15 is 0 Å². The molecule has 3 heterocycles. The number of phenols is 1. The van der Waals surface area contributed by atoms with Gasteiger partial charge >= 0.3 is 0 Å². The lowest BCUT2D eigenvalue weighted by atomic mass is 9.83. The van der Waals surface area contributed by atoms with Gasteiger partial charge in [0.05, 0.1) is 22.3 Å². The number of para-hydroxylation sites is 1. The molecule has 0 spiro atoms. The number of hydrogen-bond acceptors (Lipinski definition) is 4. The number of fused-ring (bicyclic) bond motifs is 2. The highest BCUT2D eigenvalue weighted by Gasteiger charge is 2.25. The van der Waals surface area contributed by atoms with Crippen molar-refractivity contribution in [2.45, 2.75) is 78.6 Å². The molecule has 0 radical (unpaired) electrons. The summed E-state index contributed by atoms with van der Waals surface area (Å²) in [6.45, 7) is 20.0. The first-order valence-corrected chi connectivity index (χ1v) is 17.4. The molecule has 0 amide bonds. The van der Waals surface area contributed by atoms with Gasteiger partial charge in [-0.2, -0.15) is 0 Å². The van der Waals surface area contributed by atoms with Crippen LogP contribution in [-0.2, 0) is 16.2 Å². The number of aromatic nitrogens is 4. The minimum atomic E-state index is -0.116. The SMILES string of the molecule is CC(C)(C)c1ccc(-n2c(-c3cc(C(C)(C)C)ccc3O)nc3c(-c4cc(-c5cccc6cccnc56)cc(C(C)(C)C)c4)nccc32)cc1. The van der Waals surface area contributed by atoms with Crippen molar-refractivity contribution in [1.82, 2.24) is 19.5 Å². The fourth-order valence-corrected chi connectivity index (χ4v) is 6.64. The van der Waals surface area contributed by atoms with Gasteiger partial charge < -0.3 is 5.11 Å². The van der Waals surface area contributed by atoms with Crippen LogP contribution in [0.5, 0.6) is 5.75 Å². The molecule has 0 saturated carbocycles. The highest BCUT2D eigenvalue weighted by atomic mass is 16.3. The van der Waals surface area contributed by atoms with Gasteiger partial charge in [0.1, 0.15) is 17.1 Å². The zero-order valence-electron chi connectivity index (χ0n) is 30.6. The van der Waals surface area contributed by atoms with Gasteiger partial charge in [0, 0.05) is 34.6 Å². The molecule has 50 heavy (non-hydrogen) atoms. The standard InChI is InChI=1S/C45H46N4O/c1-43(2,3)31-15-18-34(19-16-31)49-37-21-23-47-40(41(37)48-42(49)36-27-32(44(4,5)6)17-20-38(36)50)30-24-29(25-33(26-30)45(7,8)9)35-14-10-12-28-13-11-22-46-39(28)35/h10-27,50H,1-9H3. The molecule has 5 nitrogen and oxygen atoms in total. The van der Waals surface area contributed by atoms with Crippen molar-refractivity contribution in [1.29, 1.82) is 0 Å². The third-order valence-corrected chi connectivity index (χ3v) is 9.68. The molecule has 0 aliphatic heterocycles. The number of benzene rings is 4. The third-order valence-electron chi connectivity index (χ3n) is 9.68. The predicted molar refractivity (Wildman–Crippen MR) is 208 cm³/mol. The van der Waals surface area contributed by atoms with Crippen molar-refractivity contribution in [3.05, 3.63) is 126 Å². The molecule has 3 aromatic heterocycles. The lowest BCUT2D eigenvalue weighted by Gasteiger charge is -2.22. The zero-order valence-corrected chi connectivity index (χ0v) is 30.6. The largest absolute Gasteiger partial charge is 0.507 e. The number of imidazole rings is 1. The Morgan fingerprint density at radius 3 is 1.90 bits per heavy atom. The topological polar surface area (TPSA) is 63.8 Å². The highest BCUT2D eigenvalue weighted by molar-refractivity contribution is 5.97. The monoisotopic (exact) mass is 658 g/mol. The van der Waals surface area contributed by atoms with E-state index in [9.17, 15) is 5.11 Å². The van der Waals surface area contributed by atoms with Crippen LogP contribution in [0.1, 0.15) is 79.0 Å². The molecule has 0 atom stereocenters. The van der Waals surface area contributed by atoms with E-state index in [1.807, 2.05) is 30.6 Å². The number of nitrogens with zero attached hydrogens (tertiary/aromatic N) is 4. The quantitative estimate of drug-likeness (QED) is 0.204. The maximum absolute atomic E-state index is 11.4. The van der Waals surface area contributed by atoms with Crippen molar-refractivity contribution < 1.29 is 5.11 Å². The van der Waals surface area contributed by atoms with Crippen LogP contribution in [0.25, 0.3) is 61.4 Å². The zero-order chi connectivity index (χ0) is 35.6. The van der Waals surface area contributed by atoms with Crippen LogP contribution in [0, 0.1) is 0 Å². The van der Waals surface area contributed by atoms with Gasteiger partial charge in [-0.05, 0) is 87.0 Å². The summed E-state index contributed by atoms with van der Waals surface area (Å²) in [5, 5.41) is 12.5. The summed E-state index contributed by atoms with van der Waals surface area (Å²) in [5.74, 6) is 0.864. The van der Waals surface area contributed by atoms with E-state index in [1.54, 1.807) is 6.07 Å². The van der Waals surface area contributed by atoms with Crippen LogP contribution < -0.4 is 0 Å². The Labute approximate surface area is 295 Å². The predicted octanol–water partition coefficient (Wildman–Crippen LogP) is 11.6. The van der Waals surface area contributed by atoms with Crippen molar-refractivity contribution in [2.75, 3.05) is 0 Å². The van der Waals surface area contributed by atoms with Crippen LogP contribution in [0.15, 0.2) is 109 Å². The summed E-state index contributed by atoms with van der Waals surface area (Å²) in [4.78, 5) is 15.2. The van der Waals surface area contributed by atoms with E-state index in [0.717, 1.165) is 55.6 Å². The van der Waals surface area contributed by atoms with Crippen LogP contribution in [0.4, 0.5) is 0 Å². The van der Waals surface area contributed by atoms with Gasteiger partial charge in [-0.25, -0.2) is 4.98 Å². The van der Waals surface area contributed by atoms with E-state index in [0.29, 0.717) is 11.4 Å². The fourth-order valence-electron chi connectivity index (χ4n) is 6.64. The van der Waals surface area contributed by atoms with E-state index in [1.165, 1.54) is 11.1 Å². The molecule has 0 unspecified atom stereocenters. The van der Waals surface area contributed by atoms with E-state index in [2.05, 4.69) is 140 Å². The Morgan fingerprint density at radius 1 is 0.540 bits per heavy atom. The van der Waals surface area contributed by atoms with Gasteiger partial charge in [0.2, 0.25) is 0 Å². The Kier molecular flexibility index (Phi) is 7.93. The molecule has 4 aromatic carbocycles. The first-order valence-electron chi connectivity index (χ1n) is 17.4. The van der Waals surface area contributed by atoms with Gasteiger partial charge in [0.25, 0.3) is 0 Å². The summed E-state index contributed by atoms with van der Waals surface area (Å²) in [6, 6.07) is 33.8. The number of pyridine rings is 2. The molecule has 0 saturated heterocycles. The fraction of sp³-hybridized carbons (Fsp3) is 0.267. The van der Waals surface area contributed by atoms with Gasteiger partial charge in [-0.1, -0.05) is 111 Å². The molecule has 0 aliphatic carbocycles. The summed E-state index contributed by atoms with van der Waals surface area (Å²) in [6.07, 6.45) is 3.73. The molecule has 7 aromatic rings. The first kappa shape index (κ1) is 33.2.